The van der Waals surface area contributed by atoms with Crippen molar-refractivity contribution in [3.05, 3.63) is 35.9 Å². The fraction of sp³-hybridized carbons (Fsp3) is 0.111. The van der Waals surface area contributed by atoms with Gasteiger partial charge < -0.3 is 4.74 Å². The van der Waals surface area contributed by atoms with Crippen LogP contribution in [0.4, 0.5) is 4.79 Å². The largest absolute Gasteiger partial charge is 0.444 e. The molecule has 2 N–H and O–H groups in total. The summed E-state index contributed by atoms with van der Waals surface area (Å²) >= 11 is 0. The molecule has 1 aromatic carbocycles. The highest BCUT2D eigenvalue weighted by molar-refractivity contribution is 5.80. The number of amides is 1. The Morgan fingerprint density at radius 1 is 1.46 bits per heavy atom. The predicted octanol–water partition coefficient (Wildman–Crippen LogP) is 1.52. The molecule has 0 aliphatic heterocycles. The van der Waals surface area contributed by atoms with E-state index in [1.165, 1.54) is 0 Å². The highest BCUT2D eigenvalue weighted by Crippen LogP contribution is 1.99. The van der Waals surface area contributed by atoms with Gasteiger partial charge in [-0.25, -0.2) is 4.79 Å². The molecule has 4 nitrogen and oxygen atoms in total. The molecule has 0 bridgehead atoms. The molecular weight excluding hydrogens is 168 g/mol. The number of benzene rings is 1. The molecule has 0 saturated heterocycles. The van der Waals surface area contributed by atoms with Crippen LogP contribution in [0.5, 0.6) is 0 Å². The van der Waals surface area contributed by atoms with Crippen molar-refractivity contribution in [2.45, 2.75) is 6.61 Å². The van der Waals surface area contributed by atoms with Gasteiger partial charge in [0.25, 0.3) is 0 Å². The minimum atomic E-state index is -0.612. The predicted molar refractivity (Wildman–Crippen MR) is 48.5 cm³/mol. The number of hydrogen-bond acceptors (Lipinski definition) is 3. The fourth-order valence-corrected chi connectivity index (χ4v) is 0.824. The maximum absolute atomic E-state index is 10.7. The topological polar surface area (TPSA) is 62.2 Å². The Morgan fingerprint density at radius 2 is 2.15 bits per heavy atom. The van der Waals surface area contributed by atoms with Gasteiger partial charge in [0.15, 0.2) is 0 Å². The lowest BCUT2D eigenvalue weighted by Crippen LogP contribution is -2.21. The number of carbonyl (C=O) groups excluding carboxylic acids is 1. The van der Waals surface area contributed by atoms with Crippen LogP contribution in [-0.4, -0.2) is 12.4 Å². The second kappa shape index (κ2) is 4.92. The van der Waals surface area contributed by atoms with Crippen LogP contribution in [0.2, 0.25) is 0 Å². The quantitative estimate of drug-likeness (QED) is 0.544. The van der Waals surface area contributed by atoms with E-state index >= 15 is 0 Å². The molecule has 0 aliphatic carbocycles. The summed E-state index contributed by atoms with van der Waals surface area (Å²) in [6.45, 7) is 0.223. The molecule has 0 fully saturated rings. The van der Waals surface area contributed by atoms with E-state index in [0.717, 1.165) is 11.9 Å². The number of carbonyl (C=O) groups is 1. The fourth-order valence-electron chi connectivity index (χ4n) is 0.824. The average Bonchev–Trinajstić information content (AvgIpc) is 2.17. The Kier molecular flexibility index (Phi) is 3.50. The summed E-state index contributed by atoms with van der Waals surface area (Å²) in [6, 6.07) is 9.34. The molecule has 0 unspecified atom stereocenters. The minimum absolute atomic E-state index is 0.223. The van der Waals surface area contributed by atoms with Crippen LogP contribution in [-0.2, 0) is 11.3 Å². The number of rotatable bonds is 3. The van der Waals surface area contributed by atoms with Crippen LogP contribution in [0.15, 0.2) is 30.3 Å². The average molecular weight is 178 g/mol. The number of ether oxygens (including phenoxy) is 1. The van der Waals surface area contributed by atoms with E-state index in [1.54, 1.807) is 0 Å². The zero-order chi connectivity index (χ0) is 9.52. The lowest BCUT2D eigenvalue weighted by Gasteiger charge is -2.02. The van der Waals surface area contributed by atoms with Gasteiger partial charge in [-0.2, -0.15) is 0 Å². The lowest BCUT2D eigenvalue weighted by atomic mass is 10.2. The van der Waals surface area contributed by atoms with Crippen molar-refractivity contribution in [3.8, 4) is 0 Å². The van der Waals surface area contributed by atoms with Crippen molar-refractivity contribution < 1.29 is 9.53 Å². The molecule has 1 amide bonds. The van der Waals surface area contributed by atoms with Crippen LogP contribution in [0.25, 0.3) is 0 Å². The minimum Gasteiger partial charge on any atom is -0.444 e. The standard InChI is InChI=1S/C9H10N2O2/c10-7-11-9(12)13-6-8-4-2-1-3-5-8/h1-5,7H,6H2,(H2,10,11,12). The third kappa shape index (κ3) is 3.37. The van der Waals surface area contributed by atoms with Crippen molar-refractivity contribution in [2.75, 3.05) is 0 Å². The zero-order valence-electron chi connectivity index (χ0n) is 6.99. The van der Waals surface area contributed by atoms with Gasteiger partial charge in [0.2, 0.25) is 0 Å². The first-order chi connectivity index (χ1) is 6.33. The maximum atomic E-state index is 10.7. The Bertz CT molecular complexity index is 285. The smallest absolute Gasteiger partial charge is 0.412 e. The van der Waals surface area contributed by atoms with Gasteiger partial charge in [0.05, 0.1) is 6.34 Å². The molecule has 1 aromatic rings. The molecule has 0 aliphatic rings. The van der Waals surface area contributed by atoms with Crippen molar-refractivity contribution in [3.63, 3.8) is 0 Å². The van der Waals surface area contributed by atoms with Crippen molar-refractivity contribution in [1.82, 2.24) is 5.32 Å². The van der Waals surface area contributed by atoms with Crippen molar-refractivity contribution in [2.24, 2.45) is 0 Å². The molecule has 0 aromatic heterocycles. The van der Waals surface area contributed by atoms with Gasteiger partial charge in [-0.3, -0.25) is 10.7 Å². The molecule has 68 valence electrons. The summed E-state index contributed by atoms with van der Waals surface area (Å²) in [6.07, 6.45) is 0.173. The monoisotopic (exact) mass is 178 g/mol. The molecule has 0 radical (unpaired) electrons. The van der Waals surface area contributed by atoms with E-state index in [4.69, 9.17) is 10.1 Å². The van der Waals surface area contributed by atoms with Crippen LogP contribution < -0.4 is 5.32 Å². The summed E-state index contributed by atoms with van der Waals surface area (Å²) in [5, 5.41) is 8.68. The van der Waals surface area contributed by atoms with Crippen molar-refractivity contribution in [1.29, 1.82) is 5.41 Å². The third-order valence-corrected chi connectivity index (χ3v) is 1.40. The van der Waals surface area contributed by atoms with Gasteiger partial charge >= 0.3 is 6.09 Å². The Balaban J connectivity index is 2.35. The first kappa shape index (κ1) is 9.25. The Morgan fingerprint density at radius 3 is 2.77 bits per heavy atom. The second-order valence-corrected chi connectivity index (χ2v) is 2.35. The van der Waals surface area contributed by atoms with Crippen LogP contribution in [0.3, 0.4) is 0 Å². The number of nitrogens with one attached hydrogen (secondary N) is 2. The van der Waals surface area contributed by atoms with Gasteiger partial charge in [0.1, 0.15) is 6.61 Å². The summed E-state index contributed by atoms with van der Waals surface area (Å²) in [5.74, 6) is 0. The highest BCUT2D eigenvalue weighted by atomic mass is 16.5. The van der Waals surface area contributed by atoms with E-state index in [1.807, 2.05) is 30.3 Å². The Labute approximate surface area is 76.0 Å². The molecule has 1 rings (SSSR count). The number of alkyl carbamates (subject to hydrolysis) is 1. The summed E-state index contributed by atoms with van der Waals surface area (Å²) in [7, 11) is 0. The van der Waals surface area contributed by atoms with Gasteiger partial charge in [-0.15, -0.1) is 0 Å². The molecule has 0 heterocycles. The van der Waals surface area contributed by atoms with E-state index in [0.29, 0.717) is 0 Å². The summed E-state index contributed by atoms with van der Waals surface area (Å²) in [5.41, 5.74) is 0.919. The van der Waals surface area contributed by atoms with Crippen molar-refractivity contribution >= 4 is 12.4 Å². The van der Waals surface area contributed by atoms with Gasteiger partial charge in [-0.1, -0.05) is 30.3 Å². The maximum Gasteiger partial charge on any atom is 0.412 e. The van der Waals surface area contributed by atoms with Crippen LogP contribution in [0.1, 0.15) is 5.56 Å². The molecule has 4 heteroatoms. The van der Waals surface area contributed by atoms with E-state index < -0.39 is 6.09 Å². The first-order valence-electron chi connectivity index (χ1n) is 3.79. The van der Waals surface area contributed by atoms with Crippen LogP contribution >= 0.6 is 0 Å². The van der Waals surface area contributed by atoms with Crippen LogP contribution in [0, 0.1) is 5.41 Å². The Hall–Kier alpha value is -1.84. The summed E-state index contributed by atoms with van der Waals surface area (Å²) < 4.78 is 4.77. The molecular formula is C9H10N2O2. The first-order valence-corrected chi connectivity index (χ1v) is 3.79. The SMILES string of the molecule is N=CNC(=O)OCc1ccccc1. The third-order valence-electron chi connectivity index (χ3n) is 1.40. The summed E-state index contributed by atoms with van der Waals surface area (Å²) in [4.78, 5) is 10.7. The second-order valence-electron chi connectivity index (χ2n) is 2.35. The molecule has 13 heavy (non-hydrogen) atoms. The normalized spacial score (nSPS) is 8.92. The highest BCUT2D eigenvalue weighted by Gasteiger charge is 1.98. The molecule has 0 spiro atoms. The lowest BCUT2D eigenvalue weighted by molar-refractivity contribution is 0.145. The van der Waals surface area contributed by atoms with E-state index in [-0.39, 0.29) is 6.61 Å². The molecule has 0 saturated carbocycles. The number of hydrogen-bond donors (Lipinski definition) is 2. The van der Waals surface area contributed by atoms with E-state index in [9.17, 15) is 4.79 Å². The van der Waals surface area contributed by atoms with Gasteiger partial charge in [0, 0.05) is 0 Å². The zero-order valence-corrected chi connectivity index (χ0v) is 6.99. The molecule has 0 atom stereocenters. The van der Waals surface area contributed by atoms with E-state index in [2.05, 4.69) is 5.32 Å². The van der Waals surface area contributed by atoms with Gasteiger partial charge in [-0.05, 0) is 5.56 Å².